The van der Waals surface area contributed by atoms with E-state index in [0.29, 0.717) is 12.1 Å². The Morgan fingerprint density at radius 2 is 2.05 bits per heavy atom. The van der Waals surface area contributed by atoms with Crippen LogP contribution >= 0.6 is 11.8 Å². The lowest BCUT2D eigenvalue weighted by Gasteiger charge is -2.16. The first kappa shape index (κ1) is 17.3. The molecule has 1 aromatic rings. The number of hydrogen-bond acceptors (Lipinski definition) is 3. The summed E-state index contributed by atoms with van der Waals surface area (Å²) in [7, 11) is 0. The van der Waals surface area contributed by atoms with Gasteiger partial charge in [0.15, 0.2) is 0 Å². The van der Waals surface area contributed by atoms with Crippen LogP contribution in [-0.2, 0) is 12.7 Å². The fraction of sp³-hybridized carbons (Fsp3) is 0.571. The number of aliphatic hydroxyl groups is 1. The Bertz CT molecular complexity index is 423. The van der Waals surface area contributed by atoms with E-state index in [1.807, 2.05) is 6.92 Å². The Balaban J connectivity index is 2.95. The van der Waals surface area contributed by atoms with Crippen LogP contribution < -0.4 is 5.32 Å². The second kappa shape index (κ2) is 7.90. The number of benzene rings is 1. The lowest BCUT2D eigenvalue weighted by molar-refractivity contribution is -0.139. The summed E-state index contributed by atoms with van der Waals surface area (Å²) in [6, 6.07) is 4.38. The van der Waals surface area contributed by atoms with E-state index in [-0.39, 0.29) is 16.8 Å². The fourth-order valence-corrected chi connectivity index (χ4v) is 2.63. The van der Waals surface area contributed by atoms with Gasteiger partial charge in [0.05, 0.1) is 12.2 Å². The molecule has 0 amide bonds. The van der Waals surface area contributed by atoms with Crippen LogP contribution in [0.4, 0.5) is 13.2 Å². The van der Waals surface area contributed by atoms with E-state index < -0.39 is 11.7 Å². The Hall–Kier alpha value is -0.720. The van der Waals surface area contributed by atoms with Crippen molar-refractivity contribution in [3.8, 4) is 0 Å². The number of thioether (sulfide) groups is 1. The van der Waals surface area contributed by atoms with Gasteiger partial charge in [0.25, 0.3) is 0 Å². The smallest absolute Gasteiger partial charge is 0.395 e. The van der Waals surface area contributed by atoms with Gasteiger partial charge in [0, 0.05) is 16.7 Å². The van der Waals surface area contributed by atoms with Crippen molar-refractivity contribution in [3.63, 3.8) is 0 Å². The Morgan fingerprint density at radius 3 is 2.60 bits per heavy atom. The van der Waals surface area contributed by atoms with E-state index in [1.54, 1.807) is 13.0 Å². The van der Waals surface area contributed by atoms with Crippen molar-refractivity contribution in [2.45, 2.75) is 43.1 Å². The zero-order chi connectivity index (χ0) is 15.2. The van der Waals surface area contributed by atoms with Gasteiger partial charge in [-0.05, 0) is 30.7 Å². The van der Waals surface area contributed by atoms with E-state index >= 15 is 0 Å². The summed E-state index contributed by atoms with van der Waals surface area (Å²) in [6.07, 6.45) is -3.44. The molecule has 0 spiro atoms. The van der Waals surface area contributed by atoms with E-state index in [2.05, 4.69) is 5.32 Å². The number of alkyl halides is 3. The number of aliphatic hydroxyl groups excluding tert-OH is 1. The lowest BCUT2D eigenvalue weighted by atomic mass is 10.1. The van der Waals surface area contributed by atoms with Crippen LogP contribution in [0.1, 0.15) is 31.4 Å². The van der Waals surface area contributed by atoms with Crippen LogP contribution in [0.3, 0.4) is 0 Å². The van der Waals surface area contributed by atoms with Crippen molar-refractivity contribution in [2.75, 3.05) is 13.2 Å². The van der Waals surface area contributed by atoms with Crippen molar-refractivity contribution >= 4 is 11.8 Å². The third-order valence-corrected chi connectivity index (χ3v) is 3.85. The highest BCUT2D eigenvalue weighted by molar-refractivity contribution is 8.00. The average Bonchev–Trinajstić information content (AvgIpc) is 2.39. The van der Waals surface area contributed by atoms with Gasteiger partial charge in [-0.2, -0.15) is 13.2 Å². The molecular weight excluding hydrogens is 287 g/mol. The third kappa shape index (κ3) is 5.34. The zero-order valence-corrected chi connectivity index (χ0v) is 12.4. The minimum absolute atomic E-state index is 0.151. The van der Waals surface area contributed by atoms with Crippen molar-refractivity contribution < 1.29 is 18.3 Å². The number of nitrogens with one attached hydrogen (secondary N) is 1. The molecular formula is C14H20F3NOS. The summed E-state index contributed by atoms with van der Waals surface area (Å²) < 4.78 is 39.2. The number of rotatable bonds is 7. The molecule has 1 unspecified atom stereocenters. The maximum atomic E-state index is 13.1. The summed E-state index contributed by atoms with van der Waals surface area (Å²) in [5.74, 6) is 0. The van der Waals surface area contributed by atoms with Crippen molar-refractivity contribution in [3.05, 3.63) is 29.3 Å². The molecule has 0 heterocycles. The number of hydrogen-bond donors (Lipinski definition) is 2. The van der Waals surface area contributed by atoms with Crippen LogP contribution in [0, 0.1) is 0 Å². The molecule has 0 saturated heterocycles. The van der Waals surface area contributed by atoms with Gasteiger partial charge in [-0.25, -0.2) is 0 Å². The summed E-state index contributed by atoms with van der Waals surface area (Å²) >= 11 is 1.04. The minimum atomic E-state index is -4.38. The molecule has 1 atom stereocenters. The lowest BCUT2D eigenvalue weighted by Crippen LogP contribution is -2.15. The largest absolute Gasteiger partial charge is 0.417 e. The summed E-state index contributed by atoms with van der Waals surface area (Å²) in [5.41, 5.74) is -0.00891. The van der Waals surface area contributed by atoms with Gasteiger partial charge in [-0.15, -0.1) is 11.8 Å². The summed E-state index contributed by atoms with van der Waals surface area (Å²) in [5, 5.41) is 11.8. The van der Waals surface area contributed by atoms with Crippen LogP contribution in [-0.4, -0.2) is 23.5 Å². The maximum Gasteiger partial charge on any atom is 0.417 e. The van der Waals surface area contributed by atoms with Gasteiger partial charge in [-0.1, -0.05) is 19.9 Å². The van der Waals surface area contributed by atoms with Crippen LogP contribution in [0.15, 0.2) is 23.1 Å². The third-order valence-electron chi connectivity index (χ3n) is 2.69. The van der Waals surface area contributed by atoms with Crippen LogP contribution in [0.5, 0.6) is 0 Å². The molecule has 6 heteroatoms. The molecule has 20 heavy (non-hydrogen) atoms. The standard InChI is InChI=1S/C14H20F3NOS/c1-3-6-18-8-11-4-5-13(20-10(2)9-19)12(7-11)14(15,16)17/h4-5,7,10,18-19H,3,6,8-9H2,1-2H3. The van der Waals surface area contributed by atoms with Gasteiger partial charge in [0.1, 0.15) is 0 Å². The average molecular weight is 307 g/mol. The van der Waals surface area contributed by atoms with Crippen LogP contribution in [0.2, 0.25) is 0 Å². The monoisotopic (exact) mass is 307 g/mol. The first-order chi connectivity index (χ1) is 9.38. The van der Waals surface area contributed by atoms with Gasteiger partial charge in [-0.3, -0.25) is 0 Å². The SMILES string of the molecule is CCCNCc1ccc(SC(C)CO)c(C(F)(F)F)c1. The van der Waals surface area contributed by atoms with Gasteiger partial charge >= 0.3 is 6.18 Å². The Labute approximate surface area is 121 Å². The Morgan fingerprint density at radius 1 is 1.35 bits per heavy atom. The van der Waals surface area contributed by atoms with Crippen molar-refractivity contribution in [1.82, 2.24) is 5.32 Å². The second-order valence-corrected chi connectivity index (χ2v) is 6.10. The molecule has 0 bridgehead atoms. The molecule has 0 aliphatic rings. The Kier molecular flexibility index (Phi) is 6.85. The molecule has 0 aromatic heterocycles. The first-order valence-corrected chi connectivity index (χ1v) is 7.44. The zero-order valence-electron chi connectivity index (χ0n) is 11.6. The molecule has 0 aliphatic heterocycles. The first-order valence-electron chi connectivity index (χ1n) is 6.56. The quantitative estimate of drug-likeness (QED) is 0.595. The second-order valence-electron chi connectivity index (χ2n) is 4.62. The molecule has 0 radical (unpaired) electrons. The van der Waals surface area contributed by atoms with Crippen LogP contribution in [0.25, 0.3) is 0 Å². The normalized spacial score (nSPS) is 13.5. The van der Waals surface area contributed by atoms with Crippen molar-refractivity contribution in [1.29, 1.82) is 0 Å². The molecule has 2 N–H and O–H groups in total. The van der Waals surface area contributed by atoms with Crippen molar-refractivity contribution in [2.24, 2.45) is 0 Å². The van der Waals surface area contributed by atoms with E-state index in [4.69, 9.17) is 5.11 Å². The van der Waals surface area contributed by atoms with Gasteiger partial charge in [0.2, 0.25) is 0 Å². The van der Waals surface area contributed by atoms with E-state index in [0.717, 1.165) is 24.7 Å². The predicted molar refractivity (Wildman–Crippen MR) is 75.8 cm³/mol. The predicted octanol–water partition coefficient (Wildman–Crippen LogP) is 3.68. The highest BCUT2D eigenvalue weighted by Gasteiger charge is 2.34. The molecule has 114 valence electrons. The molecule has 0 saturated carbocycles. The number of halogens is 3. The molecule has 0 fully saturated rings. The highest BCUT2D eigenvalue weighted by Crippen LogP contribution is 2.38. The van der Waals surface area contributed by atoms with E-state index in [9.17, 15) is 13.2 Å². The summed E-state index contributed by atoms with van der Waals surface area (Å²) in [6.45, 7) is 4.75. The molecule has 1 rings (SSSR count). The van der Waals surface area contributed by atoms with Gasteiger partial charge < -0.3 is 10.4 Å². The summed E-state index contributed by atoms with van der Waals surface area (Å²) in [4.78, 5) is 0.165. The molecule has 1 aromatic carbocycles. The minimum Gasteiger partial charge on any atom is -0.395 e. The fourth-order valence-electron chi connectivity index (χ4n) is 1.67. The highest BCUT2D eigenvalue weighted by atomic mass is 32.2. The van der Waals surface area contributed by atoms with E-state index in [1.165, 1.54) is 12.1 Å². The molecule has 2 nitrogen and oxygen atoms in total. The topological polar surface area (TPSA) is 32.3 Å². The maximum absolute atomic E-state index is 13.1. The molecule has 0 aliphatic carbocycles.